The van der Waals surface area contributed by atoms with Crippen molar-refractivity contribution in [1.82, 2.24) is 0 Å². The third-order valence-corrected chi connectivity index (χ3v) is 4.60. The monoisotopic (exact) mass is 382 g/mol. The number of aliphatic carboxylic acids is 1. The zero-order chi connectivity index (χ0) is 20.0. The van der Waals surface area contributed by atoms with Crippen molar-refractivity contribution in [1.29, 1.82) is 0 Å². The highest BCUT2D eigenvalue weighted by atomic mass is 16.4. The molecular formula is C22H14N4O3. The average Bonchev–Trinajstić information content (AvgIpc) is 3.45. The van der Waals surface area contributed by atoms with Crippen molar-refractivity contribution >= 4 is 28.8 Å². The Morgan fingerprint density at radius 2 is 1.14 bits per heavy atom. The number of allylic oxidation sites excluding steroid dienone is 11. The standard InChI is InChI=1S/C22H14N4O3/c27-21(22(28)29)19-10-18-9-16-4-3-14(24-16)7-12-1-2-13(23-12)8-15-5-6-17(25-15)11-20(19)26-18/h1-11,21,27H,(H,28,29). The maximum Gasteiger partial charge on any atom is 0.337 e. The molecule has 140 valence electrons. The number of carboxylic acids is 1. The Morgan fingerprint density at radius 1 is 0.655 bits per heavy atom. The Kier molecular flexibility index (Phi) is 3.89. The minimum atomic E-state index is -1.68. The minimum Gasteiger partial charge on any atom is -0.479 e. The van der Waals surface area contributed by atoms with Crippen LogP contribution in [0.1, 0.15) is 0 Å². The van der Waals surface area contributed by atoms with Crippen LogP contribution in [-0.2, 0) is 4.79 Å². The van der Waals surface area contributed by atoms with E-state index < -0.39 is 12.1 Å². The number of carboxylic acid groups (broad SMARTS) is 1. The quantitative estimate of drug-likeness (QED) is 0.766. The predicted molar refractivity (Wildman–Crippen MR) is 111 cm³/mol. The lowest BCUT2D eigenvalue weighted by atomic mass is 10.1. The lowest BCUT2D eigenvalue weighted by molar-refractivity contribution is -0.144. The average molecular weight is 382 g/mol. The molecule has 0 fully saturated rings. The van der Waals surface area contributed by atoms with E-state index in [0.717, 1.165) is 22.8 Å². The summed E-state index contributed by atoms with van der Waals surface area (Å²) in [5, 5.41) is 19.3. The molecule has 1 unspecified atom stereocenters. The molecule has 5 rings (SSSR count). The van der Waals surface area contributed by atoms with Crippen molar-refractivity contribution in [3.05, 3.63) is 95.2 Å². The highest BCUT2D eigenvalue weighted by molar-refractivity contribution is 6.15. The van der Waals surface area contributed by atoms with Gasteiger partial charge in [0.25, 0.3) is 0 Å². The summed E-state index contributed by atoms with van der Waals surface area (Å²) in [6, 6.07) is 0. The lowest BCUT2D eigenvalue weighted by Crippen LogP contribution is -2.22. The summed E-state index contributed by atoms with van der Waals surface area (Å²) in [6.07, 6.45) is 18.2. The van der Waals surface area contributed by atoms with Gasteiger partial charge in [0, 0.05) is 5.57 Å². The summed E-state index contributed by atoms with van der Waals surface area (Å²) in [6.45, 7) is 0. The van der Waals surface area contributed by atoms with Crippen LogP contribution in [0.15, 0.2) is 115 Å². The SMILES string of the molecule is O=C(O)C(O)C1=CC2=NC1=CC1=NC(=CC3=NC(=CC4=NC(=C2)C=C4)C=C3)C=C1. The summed E-state index contributed by atoms with van der Waals surface area (Å²) in [5.74, 6) is -1.34. The van der Waals surface area contributed by atoms with Gasteiger partial charge in [-0.05, 0) is 66.8 Å². The van der Waals surface area contributed by atoms with Crippen molar-refractivity contribution in [2.75, 3.05) is 0 Å². The van der Waals surface area contributed by atoms with Crippen LogP contribution in [0.3, 0.4) is 0 Å². The van der Waals surface area contributed by atoms with Crippen molar-refractivity contribution in [2.45, 2.75) is 6.10 Å². The predicted octanol–water partition coefficient (Wildman–Crippen LogP) is 2.39. The first-order valence-corrected chi connectivity index (χ1v) is 8.92. The summed E-state index contributed by atoms with van der Waals surface area (Å²) in [4.78, 5) is 29.4. The second kappa shape index (κ2) is 6.57. The summed E-state index contributed by atoms with van der Waals surface area (Å²) in [5.41, 5.74) is 5.42. The Morgan fingerprint density at radius 3 is 1.66 bits per heavy atom. The van der Waals surface area contributed by atoms with E-state index in [1.54, 1.807) is 24.3 Å². The zero-order valence-corrected chi connectivity index (χ0v) is 15.0. The summed E-state index contributed by atoms with van der Waals surface area (Å²) in [7, 11) is 0. The number of hydrogen-bond acceptors (Lipinski definition) is 6. The molecule has 0 saturated carbocycles. The van der Waals surface area contributed by atoms with Gasteiger partial charge in [-0.15, -0.1) is 0 Å². The normalized spacial score (nSPS) is 22.2. The Balaban J connectivity index is 1.65. The highest BCUT2D eigenvalue weighted by Gasteiger charge is 2.26. The molecule has 0 spiro atoms. The van der Waals surface area contributed by atoms with E-state index in [1.165, 1.54) is 0 Å². The van der Waals surface area contributed by atoms with Crippen LogP contribution in [0.25, 0.3) is 0 Å². The van der Waals surface area contributed by atoms with Gasteiger partial charge in [-0.2, -0.15) is 0 Å². The minimum absolute atomic E-state index is 0.210. The molecule has 7 heteroatoms. The molecule has 5 aliphatic heterocycles. The number of carbonyl (C=O) groups is 1. The number of aliphatic hydroxyl groups excluding tert-OH is 1. The van der Waals surface area contributed by atoms with E-state index in [2.05, 4.69) is 20.0 Å². The Bertz CT molecular complexity index is 1220. The van der Waals surface area contributed by atoms with Gasteiger partial charge in [0.2, 0.25) is 0 Å². The third kappa shape index (κ3) is 3.35. The zero-order valence-electron chi connectivity index (χ0n) is 15.0. The van der Waals surface area contributed by atoms with Crippen molar-refractivity contribution in [3.63, 3.8) is 0 Å². The molecule has 0 amide bonds. The molecule has 5 aliphatic rings. The molecule has 8 bridgehead atoms. The fraction of sp³-hybridized carbons (Fsp3) is 0.0455. The maximum absolute atomic E-state index is 11.3. The van der Waals surface area contributed by atoms with Gasteiger partial charge in [0.05, 0.1) is 45.6 Å². The van der Waals surface area contributed by atoms with E-state index in [0.29, 0.717) is 22.8 Å². The molecule has 29 heavy (non-hydrogen) atoms. The number of fused-ring (bicyclic) bond motifs is 4. The molecule has 0 aromatic carbocycles. The van der Waals surface area contributed by atoms with Gasteiger partial charge in [0.15, 0.2) is 6.10 Å². The van der Waals surface area contributed by atoms with Crippen LogP contribution >= 0.6 is 0 Å². The van der Waals surface area contributed by atoms with E-state index in [-0.39, 0.29) is 5.57 Å². The lowest BCUT2D eigenvalue weighted by Gasteiger charge is -2.07. The second-order valence-electron chi connectivity index (χ2n) is 6.72. The maximum atomic E-state index is 11.3. The molecule has 0 saturated heterocycles. The third-order valence-electron chi connectivity index (χ3n) is 4.60. The molecule has 2 N–H and O–H groups in total. The van der Waals surface area contributed by atoms with Crippen molar-refractivity contribution in [3.8, 4) is 0 Å². The number of nitrogens with zero attached hydrogens (tertiary/aromatic N) is 4. The largest absolute Gasteiger partial charge is 0.479 e. The number of aliphatic imine (C=N–C) groups is 4. The topological polar surface area (TPSA) is 107 Å². The molecule has 7 nitrogen and oxygen atoms in total. The van der Waals surface area contributed by atoms with Crippen molar-refractivity contribution in [2.24, 2.45) is 20.0 Å². The molecule has 5 heterocycles. The van der Waals surface area contributed by atoms with Crippen LogP contribution in [0.4, 0.5) is 0 Å². The molecular weight excluding hydrogens is 368 g/mol. The van der Waals surface area contributed by atoms with Gasteiger partial charge < -0.3 is 10.2 Å². The van der Waals surface area contributed by atoms with Gasteiger partial charge in [-0.25, -0.2) is 24.8 Å². The first kappa shape index (κ1) is 17.2. The van der Waals surface area contributed by atoms with Gasteiger partial charge >= 0.3 is 5.97 Å². The van der Waals surface area contributed by atoms with E-state index in [9.17, 15) is 15.0 Å². The van der Waals surface area contributed by atoms with Crippen LogP contribution in [0.5, 0.6) is 0 Å². The van der Waals surface area contributed by atoms with Gasteiger partial charge in [-0.1, -0.05) is 0 Å². The molecule has 1 atom stereocenters. The molecule has 0 radical (unpaired) electrons. The van der Waals surface area contributed by atoms with E-state index in [4.69, 9.17) is 0 Å². The fourth-order valence-electron chi connectivity index (χ4n) is 3.27. The first-order chi connectivity index (χ1) is 14.0. The van der Waals surface area contributed by atoms with Gasteiger partial charge in [0.1, 0.15) is 0 Å². The summed E-state index contributed by atoms with van der Waals surface area (Å²) >= 11 is 0. The smallest absolute Gasteiger partial charge is 0.337 e. The molecule has 0 aliphatic carbocycles. The number of aliphatic hydroxyl groups is 1. The second-order valence-corrected chi connectivity index (χ2v) is 6.72. The highest BCUT2D eigenvalue weighted by Crippen LogP contribution is 2.26. The van der Waals surface area contributed by atoms with Crippen LogP contribution in [-0.4, -0.2) is 45.1 Å². The first-order valence-electron chi connectivity index (χ1n) is 8.92. The van der Waals surface area contributed by atoms with E-state index >= 15 is 0 Å². The fourth-order valence-corrected chi connectivity index (χ4v) is 3.27. The summed E-state index contributed by atoms with van der Waals surface area (Å²) < 4.78 is 0. The van der Waals surface area contributed by atoms with Crippen LogP contribution in [0.2, 0.25) is 0 Å². The Hall–Kier alpha value is -3.97. The van der Waals surface area contributed by atoms with Crippen molar-refractivity contribution < 1.29 is 15.0 Å². The van der Waals surface area contributed by atoms with E-state index in [1.807, 2.05) is 42.5 Å². The van der Waals surface area contributed by atoms with Gasteiger partial charge in [-0.3, -0.25) is 0 Å². The number of hydrogen-bond donors (Lipinski definition) is 2. The van der Waals surface area contributed by atoms with Crippen LogP contribution < -0.4 is 0 Å². The molecule has 0 aromatic heterocycles. The van der Waals surface area contributed by atoms with Crippen LogP contribution in [0, 0.1) is 0 Å². The number of rotatable bonds is 2. The molecule has 0 aromatic rings. The Labute approximate surface area is 165 Å².